The Balaban J connectivity index is 1.69. The highest BCUT2D eigenvalue weighted by Gasteiger charge is 2.33. The first-order valence-electron chi connectivity index (χ1n) is 11.7. The van der Waals surface area contributed by atoms with E-state index in [1.54, 1.807) is 19.2 Å². The van der Waals surface area contributed by atoms with Crippen molar-refractivity contribution in [1.29, 1.82) is 0 Å². The molecule has 0 radical (unpaired) electrons. The molecule has 180 valence electrons. The lowest BCUT2D eigenvalue weighted by Gasteiger charge is -2.32. The van der Waals surface area contributed by atoms with Crippen LogP contribution in [0.1, 0.15) is 55.6 Å². The fraction of sp³-hybridized carbons (Fsp3) is 0.407. The van der Waals surface area contributed by atoms with Gasteiger partial charge in [0.25, 0.3) is 5.91 Å². The van der Waals surface area contributed by atoms with Crippen molar-refractivity contribution >= 4 is 11.8 Å². The summed E-state index contributed by atoms with van der Waals surface area (Å²) in [6, 6.07) is 12.0. The average molecular weight is 465 g/mol. The molecule has 0 unspecified atom stereocenters. The molecule has 7 heteroatoms. The van der Waals surface area contributed by atoms with E-state index in [1.807, 2.05) is 51.1 Å². The van der Waals surface area contributed by atoms with Crippen LogP contribution in [0, 0.1) is 5.92 Å². The molecular weight excluding hydrogens is 432 g/mol. The van der Waals surface area contributed by atoms with Gasteiger partial charge >= 0.3 is 0 Å². The van der Waals surface area contributed by atoms with Crippen molar-refractivity contribution in [3.05, 3.63) is 65.7 Å². The maximum absolute atomic E-state index is 13.5. The summed E-state index contributed by atoms with van der Waals surface area (Å²) >= 11 is 0. The van der Waals surface area contributed by atoms with Gasteiger partial charge in [-0.25, -0.2) is 0 Å². The second-order valence-corrected chi connectivity index (χ2v) is 9.15. The molecule has 2 heterocycles. The van der Waals surface area contributed by atoms with Crippen molar-refractivity contribution in [3.63, 3.8) is 0 Å². The number of nitrogens with one attached hydrogen (secondary N) is 1. The minimum absolute atomic E-state index is 0.0955. The largest absolute Gasteiger partial charge is 0.490 e. The second kappa shape index (κ2) is 10.2. The SMILES string of the molecule is CC(C)[C@H]1C(=O)N[C@H](c2ccc3c(c2)OCO3)C/C=C/C[C@@H](C)Oc2ccccc2C(=O)N1C. The van der Waals surface area contributed by atoms with Gasteiger partial charge in [0.1, 0.15) is 11.8 Å². The van der Waals surface area contributed by atoms with Crippen LogP contribution in [0.15, 0.2) is 54.6 Å². The summed E-state index contributed by atoms with van der Waals surface area (Å²) in [4.78, 5) is 28.5. The van der Waals surface area contributed by atoms with Crippen molar-refractivity contribution in [3.8, 4) is 17.2 Å². The molecule has 4 rings (SSSR count). The van der Waals surface area contributed by atoms with E-state index in [-0.39, 0.29) is 36.7 Å². The molecule has 0 aromatic heterocycles. The number of hydrogen-bond acceptors (Lipinski definition) is 5. The maximum atomic E-state index is 13.5. The fourth-order valence-electron chi connectivity index (χ4n) is 4.44. The number of ether oxygens (including phenoxy) is 3. The average Bonchev–Trinajstić information content (AvgIpc) is 3.28. The molecule has 0 bridgehead atoms. The van der Waals surface area contributed by atoms with Crippen molar-refractivity contribution in [2.24, 2.45) is 5.92 Å². The normalized spacial score (nSPS) is 24.1. The quantitative estimate of drug-likeness (QED) is 0.663. The van der Waals surface area contributed by atoms with Gasteiger partial charge < -0.3 is 24.4 Å². The van der Waals surface area contributed by atoms with Crippen LogP contribution in [0.4, 0.5) is 0 Å². The first kappa shape index (κ1) is 23.7. The predicted molar refractivity (Wildman–Crippen MR) is 129 cm³/mol. The zero-order valence-corrected chi connectivity index (χ0v) is 20.1. The van der Waals surface area contributed by atoms with Gasteiger partial charge in [-0.05, 0) is 49.1 Å². The Hall–Kier alpha value is -3.48. The van der Waals surface area contributed by atoms with E-state index in [9.17, 15) is 9.59 Å². The minimum Gasteiger partial charge on any atom is -0.490 e. The van der Waals surface area contributed by atoms with E-state index in [2.05, 4.69) is 17.5 Å². The topological polar surface area (TPSA) is 77.1 Å². The Kier molecular flexibility index (Phi) is 7.10. The molecule has 2 aromatic carbocycles. The molecule has 3 atom stereocenters. The van der Waals surface area contributed by atoms with E-state index in [1.165, 1.54) is 4.90 Å². The molecule has 0 aliphatic carbocycles. The zero-order chi connectivity index (χ0) is 24.2. The van der Waals surface area contributed by atoms with Crippen molar-refractivity contribution in [1.82, 2.24) is 10.2 Å². The number of carbonyl (C=O) groups is 2. The zero-order valence-electron chi connectivity index (χ0n) is 20.1. The Morgan fingerprint density at radius 1 is 0.971 bits per heavy atom. The molecule has 0 fully saturated rings. The molecule has 0 saturated carbocycles. The number of para-hydroxylation sites is 1. The van der Waals surface area contributed by atoms with Crippen LogP contribution in [0.3, 0.4) is 0 Å². The molecule has 7 nitrogen and oxygen atoms in total. The van der Waals surface area contributed by atoms with Gasteiger partial charge in [-0.2, -0.15) is 0 Å². The maximum Gasteiger partial charge on any atom is 0.258 e. The Morgan fingerprint density at radius 3 is 2.50 bits per heavy atom. The highest BCUT2D eigenvalue weighted by atomic mass is 16.7. The minimum atomic E-state index is -0.651. The third kappa shape index (κ3) is 5.03. The van der Waals surface area contributed by atoms with E-state index in [4.69, 9.17) is 14.2 Å². The second-order valence-electron chi connectivity index (χ2n) is 9.15. The summed E-state index contributed by atoms with van der Waals surface area (Å²) in [6.07, 6.45) is 5.27. The van der Waals surface area contributed by atoms with Crippen molar-refractivity contribution in [2.75, 3.05) is 13.8 Å². The lowest BCUT2D eigenvalue weighted by molar-refractivity contribution is -0.127. The molecule has 0 spiro atoms. The smallest absolute Gasteiger partial charge is 0.258 e. The number of benzene rings is 2. The third-order valence-corrected chi connectivity index (χ3v) is 6.21. The first-order chi connectivity index (χ1) is 16.3. The molecule has 1 N–H and O–H groups in total. The fourth-order valence-corrected chi connectivity index (χ4v) is 4.44. The molecule has 2 aliphatic rings. The number of amides is 2. The van der Waals surface area contributed by atoms with Crippen LogP contribution in [-0.4, -0.2) is 42.7 Å². The van der Waals surface area contributed by atoms with Gasteiger partial charge in [0.15, 0.2) is 11.5 Å². The third-order valence-electron chi connectivity index (χ3n) is 6.21. The van der Waals surface area contributed by atoms with Crippen LogP contribution >= 0.6 is 0 Å². The standard InChI is InChI=1S/C27H32N2O5/c1-17(2)25-26(30)28-21(19-13-14-23-24(15-19)33-16-32-23)11-7-5-9-18(3)34-22-12-8-6-10-20(22)27(31)29(25)4/h5-8,10,12-15,17-18,21,25H,9,11,16H2,1-4H3,(H,28,30)/b7-5+/t18-,21+,25+/m1/s1. The highest BCUT2D eigenvalue weighted by molar-refractivity contribution is 5.99. The predicted octanol–water partition coefficient (Wildman–Crippen LogP) is 4.49. The van der Waals surface area contributed by atoms with Crippen LogP contribution in [0.5, 0.6) is 17.2 Å². The summed E-state index contributed by atoms with van der Waals surface area (Å²) in [5.41, 5.74) is 1.36. The number of nitrogens with zero attached hydrogens (tertiary/aromatic N) is 1. The number of rotatable bonds is 2. The summed E-state index contributed by atoms with van der Waals surface area (Å²) in [5, 5.41) is 3.18. The summed E-state index contributed by atoms with van der Waals surface area (Å²) in [7, 11) is 1.67. The molecule has 2 amide bonds. The van der Waals surface area contributed by atoms with Gasteiger partial charge in [-0.15, -0.1) is 0 Å². The number of likely N-dealkylation sites (N-methyl/N-ethyl adjacent to an activating group) is 1. The first-order valence-corrected chi connectivity index (χ1v) is 11.7. The Bertz CT molecular complexity index is 1080. The molecule has 2 aromatic rings. The van der Waals surface area contributed by atoms with E-state index in [0.717, 1.165) is 5.56 Å². The summed E-state index contributed by atoms with van der Waals surface area (Å²) in [6.45, 7) is 6.06. The lowest BCUT2D eigenvalue weighted by Crippen LogP contribution is -2.51. The van der Waals surface area contributed by atoms with Gasteiger partial charge in [0.2, 0.25) is 12.7 Å². The van der Waals surface area contributed by atoms with Gasteiger partial charge in [0.05, 0.1) is 17.7 Å². The van der Waals surface area contributed by atoms with E-state index < -0.39 is 6.04 Å². The lowest BCUT2D eigenvalue weighted by atomic mass is 9.97. The summed E-state index contributed by atoms with van der Waals surface area (Å²) < 4.78 is 17.1. The molecule has 2 aliphatic heterocycles. The number of fused-ring (bicyclic) bond motifs is 2. The van der Waals surface area contributed by atoms with Gasteiger partial charge in [0, 0.05) is 13.5 Å². The number of hydrogen-bond donors (Lipinski definition) is 1. The van der Waals surface area contributed by atoms with Crippen LogP contribution in [-0.2, 0) is 4.79 Å². The van der Waals surface area contributed by atoms with Gasteiger partial charge in [-0.3, -0.25) is 9.59 Å². The van der Waals surface area contributed by atoms with E-state index >= 15 is 0 Å². The number of carbonyl (C=O) groups excluding carboxylic acids is 2. The summed E-state index contributed by atoms with van der Waals surface area (Å²) in [5.74, 6) is 1.35. The Morgan fingerprint density at radius 2 is 1.71 bits per heavy atom. The van der Waals surface area contributed by atoms with Crippen LogP contribution < -0.4 is 19.5 Å². The molecule has 0 saturated heterocycles. The molecular formula is C27H32N2O5. The van der Waals surface area contributed by atoms with Crippen LogP contribution in [0.25, 0.3) is 0 Å². The van der Waals surface area contributed by atoms with Crippen molar-refractivity contribution < 1.29 is 23.8 Å². The van der Waals surface area contributed by atoms with E-state index in [0.29, 0.717) is 35.7 Å². The monoisotopic (exact) mass is 464 g/mol. The highest BCUT2D eigenvalue weighted by Crippen LogP contribution is 2.35. The van der Waals surface area contributed by atoms with Crippen LogP contribution in [0.2, 0.25) is 0 Å². The Labute approximate surface area is 200 Å². The van der Waals surface area contributed by atoms with Crippen molar-refractivity contribution in [2.45, 2.75) is 51.8 Å². The molecule has 34 heavy (non-hydrogen) atoms. The van der Waals surface area contributed by atoms with Gasteiger partial charge in [-0.1, -0.05) is 44.2 Å².